The number of esters is 1. The zero-order chi connectivity index (χ0) is 21.6. The summed E-state index contributed by atoms with van der Waals surface area (Å²) in [5, 5.41) is 13.8. The molecule has 164 valence electrons. The van der Waals surface area contributed by atoms with Crippen molar-refractivity contribution in [3.63, 3.8) is 0 Å². The number of rotatable bonds is 7. The molecule has 1 aromatic rings. The average molecular weight is 440 g/mol. The molecule has 2 fully saturated rings. The van der Waals surface area contributed by atoms with Gasteiger partial charge in [-0.15, -0.1) is 0 Å². The molecule has 0 atom stereocenters. The van der Waals surface area contributed by atoms with E-state index in [0.29, 0.717) is 19.8 Å². The summed E-state index contributed by atoms with van der Waals surface area (Å²) in [7, 11) is 0. The van der Waals surface area contributed by atoms with Crippen LogP contribution >= 0.6 is 11.6 Å². The number of hydrogen-bond donors (Lipinski definition) is 1. The van der Waals surface area contributed by atoms with Crippen LogP contribution < -0.4 is 5.32 Å². The zero-order valence-electron chi connectivity index (χ0n) is 16.7. The normalized spacial score (nSPS) is 19.1. The quantitative estimate of drug-likeness (QED) is 0.394. The van der Waals surface area contributed by atoms with Gasteiger partial charge < -0.3 is 14.8 Å². The molecule has 0 radical (unpaired) electrons. The van der Waals surface area contributed by atoms with Crippen LogP contribution in [0.2, 0.25) is 5.02 Å². The van der Waals surface area contributed by atoms with Crippen molar-refractivity contribution in [2.45, 2.75) is 37.6 Å². The van der Waals surface area contributed by atoms with Crippen molar-refractivity contribution < 1.29 is 24.0 Å². The summed E-state index contributed by atoms with van der Waals surface area (Å²) < 4.78 is 10.5. The van der Waals surface area contributed by atoms with Gasteiger partial charge in [-0.2, -0.15) is 0 Å². The molecular weight excluding hydrogens is 414 g/mol. The Bertz CT molecular complexity index is 791. The Morgan fingerprint density at radius 2 is 1.93 bits per heavy atom. The predicted octanol–water partition coefficient (Wildman–Crippen LogP) is 2.56. The number of amides is 1. The van der Waals surface area contributed by atoms with E-state index in [1.807, 2.05) is 0 Å². The van der Waals surface area contributed by atoms with E-state index in [4.69, 9.17) is 21.1 Å². The van der Waals surface area contributed by atoms with Crippen molar-refractivity contribution in [1.82, 2.24) is 10.2 Å². The second-order valence-electron chi connectivity index (χ2n) is 7.66. The van der Waals surface area contributed by atoms with Gasteiger partial charge in [0.05, 0.1) is 23.7 Å². The average Bonchev–Trinajstić information content (AvgIpc) is 2.77. The van der Waals surface area contributed by atoms with E-state index in [-0.39, 0.29) is 21.8 Å². The van der Waals surface area contributed by atoms with Crippen LogP contribution in [0, 0.1) is 10.1 Å². The molecule has 1 aromatic carbocycles. The summed E-state index contributed by atoms with van der Waals surface area (Å²) in [6, 6.07) is 3.62. The lowest BCUT2D eigenvalue weighted by atomic mass is 9.79. The molecule has 0 spiro atoms. The Labute approximate surface area is 179 Å². The van der Waals surface area contributed by atoms with Crippen molar-refractivity contribution in [2.24, 2.45) is 0 Å². The topological polar surface area (TPSA) is 111 Å². The van der Waals surface area contributed by atoms with E-state index >= 15 is 0 Å². The van der Waals surface area contributed by atoms with E-state index in [0.717, 1.165) is 44.8 Å². The van der Waals surface area contributed by atoms with E-state index in [1.165, 1.54) is 18.6 Å². The van der Waals surface area contributed by atoms with Crippen LogP contribution in [0.1, 0.15) is 42.5 Å². The summed E-state index contributed by atoms with van der Waals surface area (Å²) in [4.78, 5) is 37.2. The molecule has 10 heteroatoms. The van der Waals surface area contributed by atoms with Crippen LogP contribution in [0.15, 0.2) is 18.2 Å². The standard InChI is InChI=1S/C20H26ClN3O6/c21-16-5-4-15(12-17(16)24(27)28)19(26)30-13-18(25)22-14-20(6-2-1-3-7-20)23-8-10-29-11-9-23/h4-5,12H,1-3,6-11,13-14H2,(H,22,25). The summed E-state index contributed by atoms with van der Waals surface area (Å²) in [6.45, 7) is 3.13. The van der Waals surface area contributed by atoms with Gasteiger partial charge >= 0.3 is 5.97 Å². The first-order valence-electron chi connectivity index (χ1n) is 10.1. The number of hydrogen-bond acceptors (Lipinski definition) is 7. The second kappa shape index (κ2) is 10.2. The molecule has 0 unspecified atom stereocenters. The molecule has 3 rings (SSSR count). The van der Waals surface area contributed by atoms with Crippen LogP contribution in [0.3, 0.4) is 0 Å². The van der Waals surface area contributed by atoms with Crippen molar-refractivity contribution in [3.05, 3.63) is 38.9 Å². The Morgan fingerprint density at radius 1 is 1.23 bits per heavy atom. The summed E-state index contributed by atoms with van der Waals surface area (Å²) in [5.74, 6) is -1.21. The molecule has 0 bridgehead atoms. The van der Waals surface area contributed by atoms with Gasteiger partial charge in [0.1, 0.15) is 5.02 Å². The number of benzene rings is 1. The highest BCUT2D eigenvalue weighted by Gasteiger charge is 2.38. The molecule has 1 amide bonds. The maximum Gasteiger partial charge on any atom is 0.338 e. The van der Waals surface area contributed by atoms with E-state index in [9.17, 15) is 19.7 Å². The lowest BCUT2D eigenvalue weighted by molar-refractivity contribution is -0.384. The SMILES string of the molecule is O=C(COC(=O)c1ccc(Cl)c([N+](=O)[O-])c1)NCC1(N2CCOCC2)CCCCC1. The van der Waals surface area contributed by atoms with Gasteiger partial charge in [-0.25, -0.2) is 4.79 Å². The number of morpholine rings is 1. The van der Waals surface area contributed by atoms with Gasteiger partial charge in [0.15, 0.2) is 6.61 Å². The fourth-order valence-electron chi connectivity index (χ4n) is 4.16. The predicted molar refractivity (Wildman–Crippen MR) is 110 cm³/mol. The molecule has 30 heavy (non-hydrogen) atoms. The van der Waals surface area contributed by atoms with E-state index < -0.39 is 23.4 Å². The van der Waals surface area contributed by atoms with Gasteiger partial charge in [-0.05, 0) is 25.0 Å². The van der Waals surface area contributed by atoms with Crippen molar-refractivity contribution >= 4 is 29.2 Å². The maximum atomic E-state index is 12.3. The minimum absolute atomic E-state index is 0.0315. The van der Waals surface area contributed by atoms with E-state index in [1.54, 1.807) is 0 Å². The molecule has 1 aliphatic carbocycles. The summed E-state index contributed by atoms with van der Waals surface area (Å²) >= 11 is 5.75. The first-order chi connectivity index (χ1) is 14.4. The molecule has 1 N–H and O–H groups in total. The molecule has 9 nitrogen and oxygen atoms in total. The number of nitrogens with zero attached hydrogens (tertiary/aromatic N) is 2. The number of carbonyl (C=O) groups is 2. The summed E-state index contributed by atoms with van der Waals surface area (Å²) in [6.07, 6.45) is 5.48. The molecule has 1 saturated heterocycles. The number of nitrogens with one attached hydrogen (secondary N) is 1. The molecule has 1 saturated carbocycles. The third kappa shape index (κ3) is 5.47. The zero-order valence-corrected chi connectivity index (χ0v) is 17.5. The lowest BCUT2D eigenvalue weighted by Gasteiger charge is -2.48. The smallest absolute Gasteiger partial charge is 0.338 e. The largest absolute Gasteiger partial charge is 0.452 e. The highest BCUT2D eigenvalue weighted by Crippen LogP contribution is 2.34. The molecule has 2 aliphatic rings. The van der Waals surface area contributed by atoms with E-state index in [2.05, 4.69) is 10.2 Å². The number of nitro benzene ring substituents is 1. The Morgan fingerprint density at radius 3 is 2.60 bits per heavy atom. The van der Waals surface area contributed by atoms with Gasteiger partial charge in [0, 0.05) is 31.2 Å². The highest BCUT2D eigenvalue weighted by atomic mass is 35.5. The molecule has 1 heterocycles. The Balaban J connectivity index is 1.54. The van der Waals surface area contributed by atoms with Crippen molar-refractivity contribution in [2.75, 3.05) is 39.5 Å². The summed E-state index contributed by atoms with van der Waals surface area (Å²) in [5.41, 5.74) is -0.505. The second-order valence-corrected chi connectivity index (χ2v) is 8.07. The fraction of sp³-hybridized carbons (Fsp3) is 0.600. The first kappa shape index (κ1) is 22.5. The number of ether oxygens (including phenoxy) is 2. The maximum absolute atomic E-state index is 12.3. The van der Waals surface area contributed by atoms with Gasteiger partial charge in [-0.3, -0.25) is 19.8 Å². The van der Waals surface area contributed by atoms with Gasteiger partial charge in [0.25, 0.3) is 11.6 Å². The minimum atomic E-state index is -0.814. The van der Waals surface area contributed by atoms with Gasteiger partial charge in [-0.1, -0.05) is 30.9 Å². The lowest BCUT2D eigenvalue weighted by Crippen LogP contribution is -2.59. The fourth-order valence-corrected chi connectivity index (χ4v) is 4.35. The molecular formula is C20H26ClN3O6. The van der Waals surface area contributed by atoms with Crippen molar-refractivity contribution in [1.29, 1.82) is 0 Å². The highest BCUT2D eigenvalue weighted by molar-refractivity contribution is 6.32. The Hall–Kier alpha value is -2.23. The molecule has 0 aromatic heterocycles. The van der Waals surface area contributed by atoms with Crippen LogP contribution in [0.5, 0.6) is 0 Å². The van der Waals surface area contributed by atoms with Crippen LogP contribution in [-0.4, -0.2) is 66.7 Å². The number of halogens is 1. The minimum Gasteiger partial charge on any atom is -0.452 e. The van der Waals surface area contributed by atoms with Crippen molar-refractivity contribution in [3.8, 4) is 0 Å². The third-order valence-corrected chi connectivity index (χ3v) is 6.11. The van der Waals surface area contributed by atoms with Crippen LogP contribution in [-0.2, 0) is 14.3 Å². The number of nitro groups is 1. The number of carbonyl (C=O) groups excluding carboxylic acids is 2. The van der Waals surface area contributed by atoms with Crippen LogP contribution in [0.25, 0.3) is 0 Å². The first-order valence-corrected chi connectivity index (χ1v) is 10.5. The monoisotopic (exact) mass is 439 g/mol. The third-order valence-electron chi connectivity index (χ3n) is 5.79. The van der Waals surface area contributed by atoms with Crippen LogP contribution in [0.4, 0.5) is 5.69 Å². The van der Waals surface area contributed by atoms with Gasteiger partial charge in [0.2, 0.25) is 0 Å². The Kier molecular flexibility index (Phi) is 7.63. The molecule has 1 aliphatic heterocycles.